The number of aromatic amines is 1. The second-order valence-corrected chi connectivity index (χ2v) is 4.78. The molecule has 3 nitrogen and oxygen atoms in total. The summed E-state index contributed by atoms with van der Waals surface area (Å²) in [5, 5.41) is 1.25. The molecular weight excluding hydrogens is 246 g/mol. The number of benzene rings is 1. The highest BCUT2D eigenvalue weighted by atomic mass is 14.9. The Morgan fingerprint density at radius 2 is 1.85 bits per heavy atom. The zero-order valence-corrected chi connectivity index (χ0v) is 11.3. The van der Waals surface area contributed by atoms with E-state index in [4.69, 9.17) is 5.73 Å². The summed E-state index contributed by atoms with van der Waals surface area (Å²) in [5.41, 5.74) is 9.10. The van der Waals surface area contributed by atoms with Crippen molar-refractivity contribution >= 4 is 23.1 Å². The lowest BCUT2D eigenvalue weighted by Crippen LogP contribution is -2.36. The molecule has 0 saturated carbocycles. The van der Waals surface area contributed by atoms with E-state index in [0.29, 0.717) is 6.54 Å². The zero-order chi connectivity index (χ0) is 13.8. The molecule has 2 aromatic heterocycles. The minimum absolute atomic E-state index is 0.662. The Morgan fingerprint density at radius 1 is 1.05 bits per heavy atom. The average molecular weight is 264 g/mol. The third-order valence-electron chi connectivity index (χ3n) is 3.38. The third kappa shape index (κ3) is 2.63. The predicted octanol–water partition coefficient (Wildman–Crippen LogP) is 2.58. The Kier molecular flexibility index (Phi) is 3.61. The second-order valence-electron chi connectivity index (χ2n) is 4.78. The van der Waals surface area contributed by atoms with Crippen LogP contribution in [0.25, 0.3) is 23.1 Å². The molecule has 2 heterocycles. The van der Waals surface area contributed by atoms with Gasteiger partial charge in [-0.2, -0.15) is 0 Å². The van der Waals surface area contributed by atoms with Gasteiger partial charge in [-0.1, -0.05) is 30.4 Å². The molecule has 0 radical (unpaired) electrons. The summed E-state index contributed by atoms with van der Waals surface area (Å²) in [4.78, 5) is 3.28. The molecule has 3 rings (SSSR count). The van der Waals surface area contributed by atoms with Crippen LogP contribution in [0.1, 0.15) is 11.1 Å². The molecule has 0 aliphatic rings. The lowest BCUT2D eigenvalue weighted by molar-refractivity contribution is -0.694. The summed E-state index contributed by atoms with van der Waals surface area (Å²) in [7, 11) is 0. The highest BCUT2D eigenvalue weighted by Gasteiger charge is 2.00. The summed E-state index contributed by atoms with van der Waals surface area (Å²) in [6.45, 7) is 1.52. The van der Waals surface area contributed by atoms with Gasteiger partial charge in [0.05, 0.1) is 6.54 Å². The molecule has 0 spiro atoms. The lowest BCUT2D eigenvalue weighted by atomic mass is 10.1. The fourth-order valence-electron chi connectivity index (χ4n) is 2.30. The highest BCUT2D eigenvalue weighted by molar-refractivity contribution is 5.91. The Labute approximate surface area is 118 Å². The van der Waals surface area contributed by atoms with E-state index >= 15 is 0 Å². The van der Waals surface area contributed by atoms with Crippen molar-refractivity contribution in [1.29, 1.82) is 0 Å². The number of H-pyrrole nitrogens is 1. The molecule has 0 aliphatic carbocycles. The van der Waals surface area contributed by atoms with Gasteiger partial charge in [0.2, 0.25) is 0 Å². The van der Waals surface area contributed by atoms with Gasteiger partial charge in [0.15, 0.2) is 18.9 Å². The van der Waals surface area contributed by atoms with E-state index < -0.39 is 0 Å². The van der Waals surface area contributed by atoms with Crippen LogP contribution in [0.4, 0.5) is 0 Å². The first-order valence-corrected chi connectivity index (χ1v) is 6.80. The number of fused-ring (bicyclic) bond motifs is 1. The number of nitrogens with two attached hydrogens (primary N) is 1. The fraction of sp³-hybridized carbons (Fsp3) is 0.118. The van der Waals surface area contributed by atoms with E-state index in [2.05, 4.69) is 64.4 Å². The largest absolute Gasteiger partial charge is 0.361 e. The maximum Gasteiger partial charge on any atom is 0.169 e. The van der Waals surface area contributed by atoms with Crippen molar-refractivity contribution in [1.82, 2.24) is 4.98 Å². The highest BCUT2D eigenvalue weighted by Crippen LogP contribution is 2.19. The van der Waals surface area contributed by atoms with Crippen LogP contribution in [0.5, 0.6) is 0 Å². The van der Waals surface area contributed by atoms with E-state index in [1.807, 2.05) is 12.3 Å². The molecule has 3 aromatic rings. The predicted molar refractivity (Wildman–Crippen MR) is 82.9 cm³/mol. The Balaban J connectivity index is 1.83. The standard InChI is InChI=1S/C17H17N3/c18-9-12-20-10-7-14(8-11-20)5-6-15-13-19-17-4-2-1-3-16(15)17/h1-8,10-11,13H,9,12,18H2/p+1. The van der Waals surface area contributed by atoms with Crippen molar-refractivity contribution in [2.24, 2.45) is 5.73 Å². The summed E-state index contributed by atoms with van der Waals surface area (Å²) >= 11 is 0. The minimum atomic E-state index is 0.662. The maximum atomic E-state index is 5.54. The number of para-hydroxylation sites is 1. The van der Waals surface area contributed by atoms with Crippen LogP contribution in [0, 0.1) is 0 Å². The van der Waals surface area contributed by atoms with Gasteiger partial charge in [-0.15, -0.1) is 0 Å². The Bertz CT molecular complexity index is 723. The normalized spacial score (nSPS) is 11.4. The van der Waals surface area contributed by atoms with Crippen LogP contribution < -0.4 is 10.3 Å². The van der Waals surface area contributed by atoms with Gasteiger partial charge in [0.25, 0.3) is 0 Å². The number of rotatable bonds is 4. The molecule has 0 unspecified atom stereocenters. The molecule has 3 heteroatoms. The van der Waals surface area contributed by atoms with Crippen molar-refractivity contribution in [3.05, 3.63) is 66.1 Å². The summed E-state index contributed by atoms with van der Waals surface area (Å²) in [6.07, 6.45) is 10.4. The van der Waals surface area contributed by atoms with Crippen LogP contribution in [-0.4, -0.2) is 11.5 Å². The van der Waals surface area contributed by atoms with Gasteiger partial charge in [-0.3, -0.25) is 0 Å². The van der Waals surface area contributed by atoms with Crippen LogP contribution in [0.3, 0.4) is 0 Å². The average Bonchev–Trinajstić information content (AvgIpc) is 2.90. The number of hydrogen-bond donors (Lipinski definition) is 2. The monoisotopic (exact) mass is 264 g/mol. The lowest BCUT2D eigenvalue weighted by Gasteiger charge is -1.95. The van der Waals surface area contributed by atoms with Gasteiger partial charge in [-0.05, 0) is 17.2 Å². The Morgan fingerprint density at radius 3 is 2.65 bits per heavy atom. The third-order valence-corrected chi connectivity index (χ3v) is 3.38. The van der Waals surface area contributed by atoms with Gasteiger partial charge in [-0.25, -0.2) is 4.57 Å². The first kappa shape index (κ1) is 12.6. The van der Waals surface area contributed by atoms with E-state index in [9.17, 15) is 0 Å². The molecule has 100 valence electrons. The number of pyridine rings is 1. The fourth-order valence-corrected chi connectivity index (χ4v) is 2.30. The summed E-state index contributed by atoms with van der Waals surface area (Å²) in [6, 6.07) is 12.5. The summed E-state index contributed by atoms with van der Waals surface area (Å²) in [5.74, 6) is 0. The molecule has 0 amide bonds. The molecule has 20 heavy (non-hydrogen) atoms. The van der Waals surface area contributed by atoms with Crippen LogP contribution in [-0.2, 0) is 6.54 Å². The van der Waals surface area contributed by atoms with Crippen LogP contribution >= 0.6 is 0 Å². The molecule has 0 atom stereocenters. The molecule has 1 aromatic carbocycles. The van der Waals surface area contributed by atoms with E-state index in [-0.39, 0.29) is 0 Å². The quantitative estimate of drug-likeness (QED) is 0.699. The van der Waals surface area contributed by atoms with Crippen molar-refractivity contribution in [2.45, 2.75) is 6.54 Å². The van der Waals surface area contributed by atoms with E-state index in [1.54, 1.807) is 0 Å². The first-order chi connectivity index (χ1) is 9.86. The van der Waals surface area contributed by atoms with Crippen molar-refractivity contribution in [2.75, 3.05) is 6.54 Å². The van der Waals surface area contributed by atoms with Crippen LogP contribution in [0.2, 0.25) is 0 Å². The van der Waals surface area contributed by atoms with Crippen molar-refractivity contribution in [3.63, 3.8) is 0 Å². The number of hydrogen-bond acceptors (Lipinski definition) is 1. The van der Waals surface area contributed by atoms with Gasteiger partial charge < -0.3 is 10.7 Å². The number of nitrogens with zero attached hydrogens (tertiary/aromatic N) is 1. The van der Waals surface area contributed by atoms with Gasteiger partial charge in [0, 0.05) is 29.2 Å². The maximum absolute atomic E-state index is 5.54. The first-order valence-electron chi connectivity index (χ1n) is 6.80. The number of nitrogens with one attached hydrogen (secondary N) is 1. The Hall–Kier alpha value is -2.39. The SMILES string of the molecule is NCC[n+]1ccc(/C=C/c2c[nH]c3ccccc23)cc1. The molecule has 0 fully saturated rings. The number of aromatic nitrogens is 2. The van der Waals surface area contributed by atoms with Gasteiger partial charge >= 0.3 is 0 Å². The smallest absolute Gasteiger partial charge is 0.169 e. The van der Waals surface area contributed by atoms with Crippen molar-refractivity contribution < 1.29 is 4.57 Å². The molecule has 3 N–H and O–H groups in total. The van der Waals surface area contributed by atoms with Gasteiger partial charge in [0.1, 0.15) is 0 Å². The molecule has 0 bridgehead atoms. The summed E-state index contributed by atoms with van der Waals surface area (Å²) < 4.78 is 2.09. The molecule has 0 saturated heterocycles. The minimum Gasteiger partial charge on any atom is -0.361 e. The zero-order valence-electron chi connectivity index (χ0n) is 11.3. The molecule has 0 aliphatic heterocycles. The second kappa shape index (κ2) is 5.72. The van der Waals surface area contributed by atoms with Crippen LogP contribution in [0.15, 0.2) is 55.0 Å². The molecular formula is C17H18N3+. The topological polar surface area (TPSA) is 45.7 Å². The van der Waals surface area contributed by atoms with E-state index in [0.717, 1.165) is 6.54 Å². The van der Waals surface area contributed by atoms with Crippen molar-refractivity contribution in [3.8, 4) is 0 Å². The van der Waals surface area contributed by atoms with E-state index in [1.165, 1.54) is 22.0 Å².